The lowest BCUT2D eigenvalue weighted by atomic mass is 9.94. The molecule has 0 amide bonds. The predicted octanol–water partition coefficient (Wildman–Crippen LogP) is 1.72. The van der Waals surface area contributed by atoms with Crippen molar-refractivity contribution in [2.75, 3.05) is 5.73 Å². The molecule has 9 heteroatoms. The normalized spacial score (nSPS) is 9.91. The first-order valence-electron chi connectivity index (χ1n) is 6.12. The van der Waals surface area contributed by atoms with Gasteiger partial charge in [0.2, 0.25) is 0 Å². The number of nitro benzene ring substituents is 1. The number of aryl methyl sites for hydroxylation is 1. The van der Waals surface area contributed by atoms with Crippen LogP contribution in [0.2, 0.25) is 0 Å². The maximum atomic E-state index is 14.4. The van der Waals surface area contributed by atoms with Crippen LogP contribution in [0.3, 0.4) is 0 Å². The summed E-state index contributed by atoms with van der Waals surface area (Å²) in [7, 11) is 0. The summed E-state index contributed by atoms with van der Waals surface area (Å²) < 4.78 is 14.4. The van der Waals surface area contributed by atoms with Crippen LogP contribution in [0.15, 0.2) is 16.9 Å². The van der Waals surface area contributed by atoms with Crippen molar-refractivity contribution in [1.29, 1.82) is 10.5 Å². The molecular formula is C14H8FN5O3. The van der Waals surface area contributed by atoms with Gasteiger partial charge in [-0.15, -0.1) is 0 Å². The third-order valence-electron chi connectivity index (χ3n) is 3.13. The van der Waals surface area contributed by atoms with E-state index in [1.54, 1.807) is 6.07 Å². The summed E-state index contributed by atoms with van der Waals surface area (Å²) in [6, 6.07) is 5.25. The zero-order chi connectivity index (χ0) is 17.3. The summed E-state index contributed by atoms with van der Waals surface area (Å²) in [5.41, 5.74) is 2.02. The first kappa shape index (κ1) is 15.7. The Hall–Kier alpha value is -3.72. The third-order valence-corrected chi connectivity index (χ3v) is 3.13. The average molecular weight is 313 g/mol. The summed E-state index contributed by atoms with van der Waals surface area (Å²) in [6.07, 6.45) is 0. The van der Waals surface area contributed by atoms with Gasteiger partial charge in [-0.1, -0.05) is 0 Å². The standard InChI is InChI=1S/C14H8FN5O3/c1-6-2-9(15)12(10(3-6)20(22)23)11-7(4-16)13(18)19-14(21)8(11)5-17/h2-3H,1H3,(H3,18,19,21). The number of halogens is 1. The number of pyridine rings is 1. The summed E-state index contributed by atoms with van der Waals surface area (Å²) in [4.78, 5) is 24.3. The molecule has 0 aliphatic heterocycles. The van der Waals surface area contributed by atoms with E-state index in [2.05, 4.69) is 4.98 Å². The number of nitrogens with one attached hydrogen (secondary N) is 1. The molecule has 2 aromatic rings. The van der Waals surface area contributed by atoms with Crippen molar-refractivity contribution in [2.45, 2.75) is 6.92 Å². The van der Waals surface area contributed by atoms with Crippen molar-refractivity contribution in [1.82, 2.24) is 4.98 Å². The molecule has 0 saturated heterocycles. The summed E-state index contributed by atoms with van der Waals surface area (Å²) in [6.45, 7) is 1.45. The van der Waals surface area contributed by atoms with Gasteiger partial charge in [0.1, 0.15) is 34.9 Å². The number of nitrogen functional groups attached to an aromatic ring is 1. The van der Waals surface area contributed by atoms with Gasteiger partial charge in [0, 0.05) is 11.6 Å². The number of anilines is 1. The van der Waals surface area contributed by atoms with Crippen LogP contribution in [-0.2, 0) is 0 Å². The lowest BCUT2D eigenvalue weighted by molar-refractivity contribution is -0.384. The van der Waals surface area contributed by atoms with Gasteiger partial charge >= 0.3 is 0 Å². The number of nitro groups is 1. The monoisotopic (exact) mass is 313 g/mol. The number of aromatic amines is 1. The molecular weight excluding hydrogens is 305 g/mol. The average Bonchev–Trinajstić information content (AvgIpc) is 2.46. The molecule has 3 N–H and O–H groups in total. The smallest absolute Gasteiger partial charge is 0.280 e. The van der Waals surface area contributed by atoms with Crippen LogP contribution in [0.4, 0.5) is 15.9 Å². The van der Waals surface area contributed by atoms with Crippen LogP contribution in [0.25, 0.3) is 11.1 Å². The Morgan fingerprint density at radius 1 is 1.26 bits per heavy atom. The van der Waals surface area contributed by atoms with Crippen molar-refractivity contribution < 1.29 is 9.31 Å². The lowest BCUT2D eigenvalue weighted by Gasteiger charge is -2.10. The van der Waals surface area contributed by atoms with Crippen molar-refractivity contribution in [3.63, 3.8) is 0 Å². The molecule has 8 nitrogen and oxygen atoms in total. The number of nitriles is 2. The maximum Gasteiger partial charge on any atom is 0.280 e. The fourth-order valence-electron chi connectivity index (χ4n) is 2.21. The van der Waals surface area contributed by atoms with E-state index in [0.29, 0.717) is 0 Å². The van der Waals surface area contributed by atoms with Gasteiger partial charge in [-0.2, -0.15) is 10.5 Å². The molecule has 0 unspecified atom stereocenters. The highest BCUT2D eigenvalue weighted by atomic mass is 19.1. The van der Waals surface area contributed by atoms with E-state index in [1.165, 1.54) is 13.0 Å². The SMILES string of the molecule is Cc1cc(F)c(-c2c(C#N)c(N)[nH]c(=O)c2C#N)c([N+](=O)[O-])c1. The van der Waals surface area contributed by atoms with E-state index in [0.717, 1.165) is 12.1 Å². The van der Waals surface area contributed by atoms with E-state index in [1.807, 2.05) is 0 Å². The first-order chi connectivity index (χ1) is 10.8. The molecule has 2 rings (SSSR count). The number of hydrogen-bond acceptors (Lipinski definition) is 6. The molecule has 0 saturated carbocycles. The molecule has 1 aromatic carbocycles. The molecule has 114 valence electrons. The summed E-state index contributed by atoms with van der Waals surface area (Å²) >= 11 is 0. The number of hydrogen-bond donors (Lipinski definition) is 2. The molecule has 0 aliphatic carbocycles. The molecule has 0 atom stereocenters. The second kappa shape index (κ2) is 5.58. The van der Waals surface area contributed by atoms with Crippen LogP contribution in [0.5, 0.6) is 0 Å². The highest BCUT2D eigenvalue weighted by Gasteiger charge is 2.28. The number of nitrogens with zero attached hydrogens (tertiary/aromatic N) is 3. The molecule has 0 aliphatic rings. The van der Waals surface area contributed by atoms with Crippen molar-refractivity contribution in [2.24, 2.45) is 0 Å². The van der Waals surface area contributed by atoms with Crippen LogP contribution < -0.4 is 11.3 Å². The summed E-state index contributed by atoms with van der Waals surface area (Å²) in [5, 5.41) is 29.6. The maximum absolute atomic E-state index is 14.4. The van der Waals surface area contributed by atoms with E-state index in [9.17, 15) is 24.6 Å². The van der Waals surface area contributed by atoms with Crippen LogP contribution in [-0.4, -0.2) is 9.91 Å². The van der Waals surface area contributed by atoms with Gasteiger partial charge in [-0.05, 0) is 18.6 Å². The lowest BCUT2D eigenvalue weighted by Crippen LogP contribution is -2.17. The van der Waals surface area contributed by atoms with E-state index in [4.69, 9.17) is 11.0 Å². The second-order valence-electron chi connectivity index (χ2n) is 4.61. The van der Waals surface area contributed by atoms with Crippen LogP contribution >= 0.6 is 0 Å². The van der Waals surface area contributed by atoms with Gasteiger partial charge in [0.05, 0.1) is 10.5 Å². The molecule has 0 bridgehead atoms. The predicted molar refractivity (Wildman–Crippen MR) is 77.7 cm³/mol. The Kier molecular flexibility index (Phi) is 3.80. The highest BCUT2D eigenvalue weighted by molar-refractivity contribution is 5.85. The Morgan fingerprint density at radius 2 is 1.87 bits per heavy atom. The molecule has 1 heterocycles. The molecule has 1 aromatic heterocycles. The van der Waals surface area contributed by atoms with Crippen molar-refractivity contribution in [3.05, 3.63) is 55.1 Å². The summed E-state index contributed by atoms with van der Waals surface area (Å²) in [5.74, 6) is -1.43. The Labute approximate surface area is 128 Å². The number of rotatable bonds is 2. The molecule has 0 fully saturated rings. The Morgan fingerprint density at radius 3 is 2.39 bits per heavy atom. The Bertz CT molecular complexity index is 982. The van der Waals surface area contributed by atoms with Gasteiger partial charge in [0.15, 0.2) is 0 Å². The fourth-order valence-corrected chi connectivity index (χ4v) is 2.21. The molecule has 0 spiro atoms. The minimum absolute atomic E-state index is 0.271. The van der Waals surface area contributed by atoms with Crippen molar-refractivity contribution >= 4 is 11.5 Å². The zero-order valence-corrected chi connectivity index (χ0v) is 11.7. The third kappa shape index (κ3) is 2.47. The largest absolute Gasteiger partial charge is 0.384 e. The highest BCUT2D eigenvalue weighted by Crippen LogP contribution is 2.37. The van der Waals surface area contributed by atoms with Crippen LogP contribution in [0.1, 0.15) is 16.7 Å². The van der Waals surface area contributed by atoms with Crippen LogP contribution in [0, 0.1) is 45.5 Å². The quantitative estimate of drug-likeness (QED) is 0.636. The molecule has 23 heavy (non-hydrogen) atoms. The number of benzene rings is 1. The number of H-pyrrole nitrogens is 1. The number of aromatic nitrogens is 1. The zero-order valence-electron chi connectivity index (χ0n) is 11.7. The minimum Gasteiger partial charge on any atom is -0.384 e. The van der Waals surface area contributed by atoms with Gasteiger partial charge in [0.25, 0.3) is 11.2 Å². The minimum atomic E-state index is -1.03. The van der Waals surface area contributed by atoms with E-state index < -0.39 is 50.1 Å². The van der Waals surface area contributed by atoms with E-state index in [-0.39, 0.29) is 5.56 Å². The fraction of sp³-hybridized carbons (Fsp3) is 0.0714. The van der Waals surface area contributed by atoms with Gasteiger partial charge in [-0.25, -0.2) is 4.39 Å². The van der Waals surface area contributed by atoms with Gasteiger partial charge < -0.3 is 10.7 Å². The number of nitrogens with two attached hydrogens (primary N) is 1. The van der Waals surface area contributed by atoms with Gasteiger partial charge in [-0.3, -0.25) is 14.9 Å². The topological polar surface area (TPSA) is 150 Å². The molecule has 0 radical (unpaired) electrons. The van der Waals surface area contributed by atoms with E-state index >= 15 is 0 Å². The first-order valence-corrected chi connectivity index (χ1v) is 6.12. The Balaban J connectivity index is 3.12. The van der Waals surface area contributed by atoms with Crippen molar-refractivity contribution in [3.8, 4) is 23.3 Å². The second-order valence-corrected chi connectivity index (χ2v) is 4.61.